The second kappa shape index (κ2) is 5.72. The van der Waals surface area contributed by atoms with E-state index in [4.69, 9.17) is 10.9 Å². The maximum atomic E-state index is 11.7. The Balaban J connectivity index is 2.11. The molecule has 0 saturated carbocycles. The lowest BCUT2D eigenvalue weighted by molar-refractivity contribution is 0.253. The number of amides is 2. The van der Waals surface area contributed by atoms with Crippen LogP contribution in [0, 0.1) is 0 Å². The number of benzene rings is 2. The molecule has 0 bridgehead atoms. The number of amidine groups is 1. The summed E-state index contributed by atoms with van der Waals surface area (Å²) in [6, 6.07) is 13.0. The summed E-state index contributed by atoms with van der Waals surface area (Å²) in [5.41, 5.74) is 5.97. The SMILES string of the molecule is N/C(CNC(=O)Nc1cccc2ccccc12)=N/O. The van der Waals surface area contributed by atoms with Crippen LogP contribution in [0.3, 0.4) is 0 Å². The van der Waals surface area contributed by atoms with Gasteiger partial charge in [0.15, 0.2) is 5.84 Å². The molecule has 0 atom stereocenters. The van der Waals surface area contributed by atoms with Gasteiger partial charge in [-0.05, 0) is 11.5 Å². The largest absolute Gasteiger partial charge is 0.409 e. The highest BCUT2D eigenvalue weighted by molar-refractivity contribution is 6.02. The van der Waals surface area contributed by atoms with Gasteiger partial charge in [-0.3, -0.25) is 0 Å². The number of nitrogens with zero attached hydrogens (tertiary/aromatic N) is 1. The van der Waals surface area contributed by atoms with Gasteiger partial charge in [-0.1, -0.05) is 41.6 Å². The summed E-state index contributed by atoms with van der Waals surface area (Å²) in [6.07, 6.45) is 0. The van der Waals surface area contributed by atoms with Crippen molar-refractivity contribution in [3.63, 3.8) is 0 Å². The minimum atomic E-state index is -0.414. The first-order valence-electron chi connectivity index (χ1n) is 5.69. The molecule has 0 unspecified atom stereocenters. The molecule has 0 spiro atoms. The van der Waals surface area contributed by atoms with Gasteiger partial charge in [0, 0.05) is 5.39 Å². The van der Waals surface area contributed by atoms with E-state index in [1.165, 1.54) is 0 Å². The molecular weight excluding hydrogens is 244 g/mol. The Bertz CT molecular complexity index is 620. The fraction of sp³-hybridized carbons (Fsp3) is 0.0769. The molecule has 0 aromatic heterocycles. The number of urea groups is 1. The van der Waals surface area contributed by atoms with Crippen LogP contribution in [0.25, 0.3) is 10.8 Å². The van der Waals surface area contributed by atoms with E-state index >= 15 is 0 Å². The third kappa shape index (κ3) is 3.12. The van der Waals surface area contributed by atoms with Crippen LogP contribution in [0.5, 0.6) is 0 Å². The van der Waals surface area contributed by atoms with Gasteiger partial charge in [-0.15, -0.1) is 0 Å². The summed E-state index contributed by atoms with van der Waals surface area (Å²) < 4.78 is 0. The van der Waals surface area contributed by atoms with Crippen molar-refractivity contribution in [3.05, 3.63) is 42.5 Å². The van der Waals surface area contributed by atoms with Crippen molar-refractivity contribution in [2.24, 2.45) is 10.9 Å². The minimum Gasteiger partial charge on any atom is -0.409 e. The van der Waals surface area contributed by atoms with Gasteiger partial charge < -0.3 is 21.6 Å². The number of hydrogen-bond acceptors (Lipinski definition) is 3. The number of oxime groups is 1. The van der Waals surface area contributed by atoms with Gasteiger partial charge in [0.25, 0.3) is 0 Å². The Morgan fingerprint density at radius 1 is 1.21 bits per heavy atom. The highest BCUT2D eigenvalue weighted by atomic mass is 16.4. The molecule has 0 heterocycles. The predicted molar refractivity (Wildman–Crippen MR) is 74.4 cm³/mol. The van der Waals surface area contributed by atoms with Crippen LogP contribution in [0.15, 0.2) is 47.6 Å². The fourth-order valence-electron chi connectivity index (χ4n) is 1.71. The Hall–Kier alpha value is -2.76. The van der Waals surface area contributed by atoms with Gasteiger partial charge in [0.05, 0.1) is 12.2 Å². The van der Waals surface area contributed by atoms with Crippen LogP contribution in [-0.2, 0) is 0 Å². The van der Waals surface area contributed by atoms with Crippen molar-refractivity contribution in [2.75, 3.05) is 11.9 Å². The average Bonchev–Trinajstić information content (AvgIpc) is 2.45. The molecule has 0 aliphatic heterocycles. The number of hydrogen-bond donors (Lipinski definition) is 4. The van der Waals surface area contributed by atoms with E-state index in [1.807, 2.05) is 42.5 Å². The first kappa shape index (κ1) is 12.7. The molecule has 5 N–H and O–H groups in total. The zero-order valence-electron chi connectivity index (χ0n) is 10.1. The lowest BCUT2D eigenvalue weighted by Crippen LogP contribution is -2.36. The molecule has 0 radical (unpaired) electrons. The number of nitrogens with one attached hydrogen (secondary N) is 2. The van der Waals surface area contributed by atoms with E-state index in [-0.39, 0.29) is 12.4 Å². The number of carbonyl (C=O) groups excluding carboxylic acids is 1. The summed E-state index contributed by atoms with van der Waals surface area (Å²) >= 11 is 0. The summed E-state index contributed by atoms with van der Waals surface area (Å²) in [4.78, 5) is 11.7. The maximum Gasteiger partial charge on any atom is 0.319 e. The van der Waals surface area contributed by atoms with Crippen molar-refractivity contribution < 1.29 is 10.0 Å². The Labute approximate surface area is 109 Å². The highest BCUT2D eigenvalue weighted by Crippen LogP contribution is 2.22. The maximum absolute atomic E-state index is 11.7. The van der Waals surface area contributed by atoms with Gasteiger partial charge >= 0.3 is 6.03 Å². The van der Waals surface area contributed by atoms with Gasteiger partial charge in [0.2, 0.25) is 0 Å². The molecule has 19 heavy (non-hydrogen) atoms. The molecule has 0 fully saturated rings. The third-order valence-electron chi connectivity index (χ3n) is 2.60. The van der Waals surface area contributed by atoms with Crippen LogP contribution in [0.1, 0.15) is 0 Å². The molecule has 2 aromatic rings. The average molecular weight is 258 g/mol. The van der Waals surface area contributed by atoms with E-state index < -0.39 is 6.03 Å². The Morgan fingerprint density at radius 2 is 1.95 bits per heavy atom. The van der Waals surface area contributed by atoms with Gasteiger partial charge in [-0.2, -0.15) is 0 Å². The topological polar surface area (TPSA) is 99.7 Å². The second-order valence-electron chi connectivity index (χ2n) is 3.93. The Morgan fingerprint density at radius 3 is 2.74 bits per heavy atom. The van der Waals surface area contributed by atoms with Gasteiger partial charge in [0.1, 0.15) is 0 Å². The lowest BCUT2D eigenvalue weighted by Gasteiger charge is -2.09. The van der Waals surface area contributed by atoms with Crippen LogP contribution < -0.4 is 16.4 Å². The first-order valence-corrected chi connectivity index (χ1v) is 5.69. The molecule has 2 aromatic carbocycles. The number of carbonyl (C=O) groups is 1. The molecule has 2 rings (SSSR count). The molecular formula is C13H14N4O2. The van der Waals surface area contributed by atoms with Crippen LogP contribution >= 0.6 is 0 Å². The summed E-state index contributed by atoms with van der Waals surface area (Å²) in [6.45, 7) is -0.0207. The fourth-order valence-corrected chi connectivity index (χ4v) is 1.71. The zero-order valence-corrected chi connectivity index (χ0v) is 10.1. The number of fused-ring (bicyclic) bond motifs is 1. The van der Waals surface area contributed by atoms with Crippen LogP contribution in [0.4, 0.5) is 10.5 Å². The van der Waals surface area contributed by atoms with E-state index in [0.717, 1.165) is 10.8 Å². The van der Waals surface area contributed by atoms with Crippen molar-refractivity contribution in [1.29, 1.82) is 0 Å². The third-order valence-corrected chi connectivity index (χ3v) is 2.60. The predicted octanol–water partition coefficient (Wildman–Crippen LogP) is 1.71. The van der Waals surface area contributed by atoms with Gasteiger partial charge in [-0.25, -0.2) is 4.79 Å². The number of rotatable bonds is 3. The molecule has 0 aliphatic carbocycles. The minimum absolute atomic E-state index is 0.0207. The lowest BCUT2D eigenvalue weighted by atomic mass is 10.1. The van der Waals surface area contributed by atoms with Crippen LogP contribution in [-0.4, -0.2) is 23.6 Å². The van der Waals surface area contributed by atoms with Crippen molar-refractivity contribution in [1.82, 2.24) is 5.32 Å². The van der Waals surface area contributed by atoms with Crippen molar-refractivity contribution in [2.45, 2.75) is 0 Å². The van der Waals surface area contributed by atoms with Crippen molar-refractivity contribution >= 4 is 28.3 Å². The van der Waals surface area contributed by atoms with E-state index in [1.54, 1.807) is 0 Å². The second-order valence-corrected chi connectivity index (χ2v) is 3.93. The van der Waals surface area contributed by atoms with Crippen molar-refractivity contribution in [3.8, 4) is 0 Å². The monoisotopic (exact) mass is 258 g/mol. The number of nitrogens with two attached hydrogens (primary N) is 1. The molecule has 6 nitrogen and oxygen atoms in total. The first-order chi connectivity index (χ1) is 9.20. The number of anilines is 1. The highest BCUT2D eigenvalue weighted by Gasteiger charge is 2.05. The smallest absolute Gasteiger partial charge is 0.319 e. The Kier molecular flexibility index (Phi) is 3.82. The summed E-state index contributed by atoms with van der Waals surface area (Å²) in [7, 11) is 0. The van der Waals surface area contributed by atoms with E-state index in [9.17, 15) is 4.79 Å². The molecule has 6 heteroatoms. The normalized spacial score (nSPS) is 11.3. The zero-order chi connectivity index (χ0) is 13.7. The quantitative estimate of drug-likeness (QED) is 0.292. The van der Waals surface area contributed by atoms with E-state index in [0.29, 0.717) is 5.69 Å². The molecule has 2 amide bonds. The van der Waals surface area contributed by atoms with E-state index in [2.05, 4.69) is 15.8 Å². The summed E-state index contributed by atoms with van der Waals surface area (Å²) in [5, 5.41) is 18.3. The standard InChI is InChI=1S/C13H14N4O2/c14-12(17-19)8-15-13(18)16-11-7-3-5-9-4-1-2-6-10(9)11/h1-7,19H,8H2,(H2,14,17)(H2,15,16,18). The summed E-state index contributed by atoms with van der Waals surface area (Å²) in [5.74, 6) is -0.0620. The molecule has 0 aliphatic rings. The molecule has 98 valence electrons. The van der Waals surface area contributed by atoms with Crippen LogP contribution in [0.2, 0.25) is 0 Å². The molecule has 0 saturated heterocycles.